The SMILES string of the molecule is FC(F)(F)C1=CCN(Cc2cccc3c2OCCN3)CC1. The van der Waals surface area contributed by atoms with E-state index >= 15 is 0 Å². The molecule has 21 heavy (non-hydrogen) atoms. The van der Waals surface area contributed by atoms with Gasteiger partial charge in [-0.15, -0.1) is 0 Å². The number of nitrogens with one attached hydrogen (secondary N) is 1. The van der Waals surface area contributed by atoms with Crippen molar-refractivity contribution < 1.29 is 17.9 Å². The van der Waals surface area contributed by atoms with Crippen molar-refractivity contribution in [3.05, 3.63) is 35.4 Å². The van der Waals surface area contributed by atoms with E-state index < -0.39 is 11.7 Å². The highest BCUT2D eigenvalue weighted by molar-refractivity contribution is 5.61. The van der Waals surface area contributed by atoms with Crippen LogP contribution in [0.3, 0.4) is 0 Å². The number of hydrogen-bond acceptors (Lipinski definition) is 3. The van der Waals surface area contributed by atoms with Gasteiger partial charge in [-0.05, 0) is 12.5 Å². The highest BCUT2D eigenvalue weighted by Gasteiger charge is 2.34. The van der Waals surface area contributed by atoms with Crippen molar-refractivity contribution >= 4 is 5.69 Å². The lowest BCUT2D eigenvalue weighted by Crippen LogP contribution is -2.32. The Kier molecular flexibility index (Phi) is 3.80. The Hall–Kier alpha value is -1.69. The third kappa shape index (κ3) is 3.15. The summed E-state index contributed by atoms with van der Waals surface area (Å²) in [6.45, 7) is 2.74. The molecule has 0 aliphatic carbocycles. The van der Waals surface area contributed by atoms with Gasteiger partial charge in [-0.25, -0.2) is 0 Å². The van der Waals surface area contributed by atoms with Crippen molar-refractivity contribution in [3.8, 4) is 5.75 Å². The number of rotatable bonds is 2. The Morgan fingerprint density at radius 2 is 2.14 bits per heavy atom. The standard InChI is InChI=1S/C15H17F3N2O/c16-15(17,18)12-4-7-20(8-5-12)10-11-2-1-3-13-14(11)21-9-6-19-13/h1-4,19H,5-10H2. The average molecular weight is 298 g/mol. The van der Waals surface area contributed by atoms with Crippen molar-refractivity contribution in [2.24, 2.45) is 0 Å². The maximum atomic E-state index is 12.6. The Labute approximate surface area is 121 Å². The molecule has 1 aromatic carbocycles. The topological polar surface area (TPSA) is 24.5 Å². The van der Waals surface area contributed by atoms with Crippen LogP contribution in [0.4, 0.5) is 18.9 Å². The zero-order valence-electron chi connectivity index (χ0n) is 11.5. The summed E-state index contributed by atoms with van der Waals surface area (Å²) in [5, 5.41) is 3.26. The van der Waals surface area contributed by atoms with Crippen molar-refractivity contribution in [3.63, 3.8) is 0 Å². The highest BCUT2D eigenvalue weighted by atomic mass is 19.4. The Morgan fingerprint density at radius 1 is 1.29 bits per heavy atom. The van der Waals surface area contributed by atoms with Crippen LogP contribution in [0.1, 0.15) is 12.0 Å². The summed E-state index contributed by atoms with van der Waals surface area (Å²) in [6, 6.07) is 5.86. The van der Waals surface area contributed by atoms with Crippen LogP contribution in [-0.2, 0) is 6.54 Å². The maximum absolute atomic E-state index is 12.6. The molecule has 2 aliphatic heterocycles. The van der Waals surface area contributed by atoms with Gasteiger partial charge in [0.25, 0.3) is 0 Å². The summed E-state index contributed by atoms with van der Waals surface area (Å²) in [4.78, 5) is 2.00. The minimum absolute atomic E-state index is 0.0532. The Bertz CT molecular complexity index is 554. The molecule has 0 spiro atoms. The number of hydrogen-bond donors (Lipinski definition) is 1. The van der Waals surface area contributed by atoms with Crippen LogP contribution >= 0.6 is 0 Å². The molecule has 6 heteroatoms. The van der Waals surface area contributed by atoms with Gasteiger partial charge in [-0.1, -0.05) is 18.2 Å². The van der Waals surface area contributed by atoms with Crippen LogP contribution in [0.5, 0.6) is 5.75 Å². The largest absolute Gasteiger partial charge is 0.489 e. The zero-order valence-corrected chi connectivity index (χ0v) is 11.5. The first-order valence-corrected chi connectivity index (χ1v) is 7.01. The third-order valence-corrected chi connectivity index (χ3v) is 3.81. The summed E-state index contributed by atoms with van der Waals surface area (Å²) < 4.78 is 43.5. The van der Waals surface area contributed by atoms with Gasteiger partial charge >= 0.3 is 6.18 Å². The molecule has 0 atom stereocenters. The van der Waals surface area contributed by atoms with Crippen molar-refractivity contribution in [1.82, 2.24) is 4.90 Å². The molecule has 0 fully saturated rings. The summed E-state index contributed by atoms with van der Waals surface area (Å²) in [5.41, 5.74) is 1.57. The first kappa shape index (κ1) is 14.3. The van der Waals surface area contributed by atoms with E-state index in [-0.39, 0.29) is 6.42 Å². The lowest BCUT2D eigenvalue weighted by atomic mass is 10.1. The predicted octanol–water partition coefficient (Wildman–Crippen LogP) is 3.19. The van der Waals surface area contributed by atoms with Gasteiger partial charge in [0, 0.05) is 37.3 Å². The maximum Gasteiger partial charge on any atom is 0.412 e. The molecule has 1 N–H and O–H groups in total. The molecule has 2 heterocycles. The molecule has 0 amide bonds. The normalized spacial score (nSPS) is 19.3. The van der Waals surface area contributed by atoms with E-state index in [4.69, 9.17) is 4.74 Å². The van der Waals surface area contributed by atoms with E-state index in [0.717, 1.165) is 23.5 Å². The van der Waals surface area contributed by atoms with Gasteiger partial charge in [-0.2, -0.15) is 13.2 Å². The van der Waals surface area contributed by atoms with E-state index in [0.29, 0.717) is 26.2 Å². The number of halogens is 3. The fraction of sp³-hybridized carbons (Fsp3) is 0.467. The van der Waals surface area contributed by atoms with Crippen LogP contribution in [0, 0.1) is 0 Å². The highest BCUT2D eigenvalue weighted by Crippen LogP contribution is 2.34. The molecule has 114 valence electrons. The molecular formula is C15H17F3N2O. The monoisotopic (exact) mass is 298 g/mol. The molecule has 1 aromatic rings. The second-order valence-electron chi connectivity index (χ2n) is 5.28. The molecule has 0 bridgehead atoms. The molecule has 2 aliphatic rings. The van der Waals surface area contributed by atoms with Gasteiger partial charge in [0.1, 0.15) is 12.4 Å². The number of alkyl halides is 3. The number of anilines is 1. The number of para-hydroxylation sites is 1. The predicted molar refractivity (Wildman–Crippen MR) is 74.5 cm³/mol. The minimum atomic E-state index is -4.19. The first-order chi connectivity index (χ1) is 10.0. The number of fused-ring (bicyclic) bond motifs is 1. The number of nitrogens with zero attached hydrogens (tertiary/aromatic N) is 1. The molecule has 3 rings (SSSR count). The van der Waals surface area contributed by atoms with E-state index in [9.17, 15) is 13.2 Å². The quantitative estimate of drug-likeness (QED) is 0.849. The summed E-state index contributed by atoms with van der Waals surface area (Å²) in [5.74, 6) is 0.828. The molecule has 0 saturated heterocycles. The molecular weight excluding hydrogens is 281 g/mol. The van der Waals surface area contributed by atoms with E-state index in [1.807, 2.05) is 23.1 Å². The fourth-order valence-electron chi connectivity index (χ4n) is 2.71. The van der Waals surface area contributed by atoms with Gasteiger partial charge in [0.2, 0.25) is 0 Å². The first-order valence-electron chi connectivity index (χ1n) is 7.01. The lowest BCUT2D eigenvalue weighted by molar-refractivity contribution is -0.0960. The molecule has 0 radical (unpaired) electrons. The summed E-state index contributed by atoms with van der Waals surface area (Å²) in [6.07, 6.45) is -2.85. The van der Waals surface area contributed by atoms with Crippen LogP contribution in [0.25, 0.3) is 0 Å². The van der Waals surface area contributed by atoms with Crippen LogP contribution in [0.15, 0.2) is 29.8 Å². The van der Waals surface area contributed by atoms with Crippen molar-refractivity contribution in [2.75, 3.05) is 31.6 Å². The molecule has 3 nitrogen and oxygen atoms in total. The molecule has 0 aromatic heterocycles. The van der Waals surface area contributed by atoms with E-state index in [1.54, 1.807) is 0 Å². The number of benzene rings is 1. The van der Waals surface area contributed by atoms with E-state index in [1.165, 1.54) is 6.08 Å². The van der Waals surface area contributed by atoms with Crippen molar-refractivity contribution in [1.29, 1.82) is 0 Å². The van der Waals surface area contributed by atoms with Crippen LogP contribution in [-0.4, -0.2) is 37.3 Å². The average Bonchev–Trinajstić information content (AvgIpc) is 2.47. The second-order valence-corrected chi connectivity index (χ2v) is 5.28. The van der Waals surface area contributed by atoms with Gasteiger partial charge in [0.15, 0.2) is 0 Å². The zero-order chi connectivity index (χ0) is 14.9. The smallest absolute Gasteiger partial charge is 0.412 e. The second kappa shape index (κ2) is 5.60. The fourth-order valence-corrected chi connectivity index (χ4v) is 2.71. The van der Waals surface area contributed by atoms with Gasteiger partial charge < -0.3 is 10.1 Å². The molecule has 0 unspecified atom stereocenters. The van der Waals surface area contributed by atoms with Gasteiger partial charge in [-0.3, -0.25) is 4.90 Å². The molecule has 0 saturated carbocycles. The lowest BCUT2D eigenvalue weighted by Gasteiger charge is -2.29. The number of ether oxygens (including phenoxy) is 1. The minimum Gasteiger partial charge on any atom is -0.489 e. The Morgan fingerprint density at radius 3 is 2.86 bits per heavy atom. The Balaban J connectivity index is 1.70. The van der Waals surface area contributed by atoms with Crippen LogP contribution < -0.4 is 10.1 Å². The van der Waals surface area contributed by atoms with Crippen LogP contribution in [0.2, 0.25) is 0 Å². The van der Waals surface area contributed by atoms with Crippen molar-refractivity contribution in [2.45, 2.75) is 19.1 Å². The third-order valence-electron chi connectivity index (χ3n) is 3.81. The summed E-state index contributed by atoms with van der Waals surface area (Å²) >= 11 is 0. The van der Waals surface area contributed by atoms with Gasteiger partial charge in [0.05, 0.1) is 5.69 Å². The van der Waals surface area contributed by atoms with E-state index in [2.05, 4.69) is 5.32 Å². The summed E-state index contributed by atoms with van der Waals surface area (Å²) in [7, 11) is 0.